The third-order valence-electron chi connectivity index (χ3n) is 7.01. The molecule has 1 N–H and O–H groups in total. The van der Waals surface area contributed by atoms with E-state index in [1.165, 1.54) is 26.2 Å². The summed E-state index contributed by atoms with van der Waals surface area (Å²) in [5.74, 6) is -0.0413. The van der Waals surface area contributed by atoms with Crippen LogP contribution in [0.4, 0.5) is 0 Å². The number of methoxy groups -OCH3 is 3. The van der Waals surface area contributed by atoms with Crippen LogP contribution in [0.2, 0.25) is 0 Å². The average Bonchev–Trinajstić information content (AvgIpc) is 3.21. The summed E-state index contributed by atoms with van der Waals surface area (Å²) in [6, 6.07) is 11.2. The molecule has 0 aliphatic carbocycles. The number of nitrogens with zero attached hydrogens (tertiary/aromatic N) is 2. The van der Waals surface area contributed by atoms with E-state index in [9.17, 15) is 14.7 Å². The van der Waals surface area contributed by atoms with E-state index in [4.69, 9.17) is 18.9 Å². The number of pyridine rings is 1. The largest absolute Gasteiger partial charge is 0.507 e. The number of carbonyl (C=O) groups excluding carboxylic acids is 2. The molecule has 1 fully saturated rings. The van der Waals surface area contributed by atoms with E-state index in [0.29, 0.717) is 40.7 Å². The number of benzene rings is 2. The third-order valence-corrected chi connectivity index (χ3v) is 7.01. The van der Waals surface area contributed by atoms with Crippen molar-refractivity contribution in [1.82, 2.24) is 9.88 Å². The Balaban J connectivity index is 1.97. The lowest BCUT2D eigenvalue weighted by atomic mass is 9.84. The fourth-order valence-corrected chi connectivity index (χ4v) is 5.03. The molecule has 0 bridgehead atoms. The van der Waals surface area contributed by atoms with E-state index in [1.54, 1.807) is 48.8 Å². The van der Waals surface area contributed by atoms with Gasteiger partial charge in [0.05, 0.1) is 39.6 Å². The zero-order valence-electron chi connectivity index (χ0n) is 24.5. The van der Waals surface area contributed by atoms with Crippen LogP contribution in [0.15, 0.2) is 60.4 Å². The zero-order valence-corrected chi connectivity index (χ0v) is 24.5. The SMILES string of the molecule is CCOc1ccc(/C(O)=C2\C(=O)C(=O)N(Cc3ccncc3)C2c2cc(OC)c(OC)c(OC)c2)cc1C(C)(C)C. The molecule has 1 unspecified atom stereocenters. The van der Waals surface area contributed by atoms with Crippen LogP contribution in [-0.4, -0.2) is 54.6 Å². The Bertz CT molecular complexity index is 1450. The first kappa shape index (κ1) is 29.5. The van der Waals surface area contributed by atoms with Gasteiger partial charge in [0.25, 0.3) is 11.7 Å². The Morgan fingerprint density at radius 3 is 2.10 bits per heavy atom. The highest BCUT2D eigenvalue weighted by molar-refractivity contribution is 6.46. The van der Waals surface area contributed by atoms with Crippen molar-refractivity contribution >= 4 is 17.4 Å². The highest BCUT2D eigenvalue weighted by Gasteiger charge is 2.46. The molecular formula is C32H36N2O7. The van der Waals surface area contributed by atoms with Crippen molar-refractivity contribution in [1.29, 1.82) is 0 Å². The number of carbonyl (C=O) groups is 2. The van der Waals surface area contributed by atoms with Crippen LogP contribution in [0, 0.1) is 0 Å². The van der Waals surface area contributed by atoms with Crippen molar-refractivity contribution in [3.05, 3.63) is 82.7 Å². The van der Waals surface area contributed by atoms with Gasteiger partial charge in [-0.25, -0.2) is 0 Å². The van der Waals surface area contributed by atoms with Crippen molar-refractivity contribution in [2.75, 3.05) is 27.9 Å². The molecule has 0 saturated carbocycles. The van der Waals surface area contributed by atoms with Gasteiger partial charge in [0.1, 0.15) is 11.5 Å². The molecule has 9 nitrogen and oxygen atoms in total. The molecule has 41 heavy (non-hydrogen) atoms. The van der Waals surface area contributed by atoms with Gasteiger partial charge < -0.3 is 29.0 Å². The highest BCUT2D eigenvalue weighted by atomic mass is 16.5. The fourth-order valence-electron chi connectivity index (χ4n) is 5.03. The molecule has 9 heteroatoms. The zero-order chi connectivity index (χ0) is 29.9. The van der Waals surface area contributed by atoms with Crippen LogP contribution in [0.25, 0.3) is 5.76 Å². The molecule has 1 amide bonds. The average molecular weight is 561 g/mol. The van der Waals surface area contributed by atoms with E-state index in [-0.39, 0.29) is 23.3 Å². The van der Waals surface area contributed by atoms with Gasteiger partial charge in [-0.15, -0.1) is 0 Å². The summed E-state index contributed by atoms with van der Waals surface area (Å²) >= 11 is 0. The van der Waals surface area contributed by atoms with Crippen molar-refractivity contribution in [3.8, 4) is 23.0 Å². The minimum absolute atomic E-state index is 0.0395. The number of likely N-dealkylation sites (tertiary alicyclic amines) is 1. The number of rotatable bonds is 9. The van der Waals surface area contributed by atoms with E-state index in [1.807, 2.05) is 33.8 Å². The molecule has 1 aromatic heterocycles. The Kier molecular flexibility index (Phi) is 8.56. The molecule has 0 spiro atoms. The van der Waals surface area contributed by atoms with Crippen molar-refractivity contribution in [2.45, 2.75) is 45.7 Å². The highest BCUT2D eigenvalue weighted by Crippen LogP contribution is 2.46. The van der Waals surface area contributed by atoms with Gasteiger partial charge in [0, 0.05) is 30.1 Å². The summed E-state index contributed by atoms with van der Waals surface area (Å²) < 4.78 is 22.4. The summed E-state index contributed by atoms with van der Waals surface area (Å²) in [7, 11) is 4.47. The maximum absolute atomic E-state index is 13.7. The Hall–Kier alpha value is -4.53. The lowest BCUT2D eigenvalue weighted by Crippen LogP contribution is -2.29. The lowest BCUT2D eigenvalue weighted by Gasteiger charge is -2.27. The number of hydrogen-bond acceptors (Lipinski definition) is 8. The number of hydrogen-bond donors (Lipinski definition) is 1. The molecule has 2 aromatic carbocycles. The van der Waals surface area contributed by atoms with Crippen LogP contribution < -0.4 is 18.9 Å². The van der Waals surface area contributed by atoms with Gasteiger partial charge in [0.2, 0.25) is 5.75 Å². The molecule has 2 heterocycles. The quantitative estimate of drug-likeness (QED) is 0.210. The van der Waals surface area contributed by atoms with Gasteiger partial charge in [0.15, 0.2) is 11.5 Å². The molecule has 1 atom stereocenters. The van der Waals surface area contributed by atoms with E-state index >= 15 is 0 Å². The smallest absolute Gasteiger partial charge is 0.295 e. The summed E-state index contributed by atoms with van der Waals surface area (Å²) in [4.78, 5) is 32.7. The lowest BCUT2D eigenvalue weighted by molar-refractivity contribution is -0.140. The Labute approximate surface area is 240 Å². The fraction of sp³-hybridized carbons (Fsp3) is 0.344. The first-order chi connectivity index (χ1) is 19.5. The minimum Gasteiger partial charge on any atom is -0.507 e. The Morgan fingerprint density at radius 2 is 1.56 bits per heavy atom. The second-order valence-corrected chi connectivity index (χ2v) is 10.6. The number of amides is 1. The predicted molar refractivity (Wildman–Crippen MR) is 154 cm³/mol. The molecular weight excluding hydrogens is 524 g/mol. The van der Waals surface area contributed by atoms with E-state index < -0.39 is 17.7 Å². The van der Waals surface area contributed by atoms with Crippen molar-refractivity contribution < 1.29 is 33.6 Å². The van der Waals surface area contributed by atoms with Crippen molar-refractivity contribution in [2.24, 2.45) is 0 Å². The van der Waals surface area contributed by atoms with Crippen LogP contribution >= 0.6 is 0 Å². The summed E-state index contributed by atoms with van der Waals surface area (Å²) in [6.07, 6.45) is 3.24. The maximum Gasteiger partial charge on any atom is 0.295 e. The molecule has 0 radical (unpaired) electrons. The number of aromatic nitrogens is 1. The topological polar surface area (TPSA) is 107 Å². The molecule has 1 saturated heterocycles. The van der Waals surface area contributed by atoms with Gasteiger partial charge in [-0.05, 0) is 65.9 Å². The molecule has 216 valence electrons. The summed E-state index contributed by atoms with van der Waals surface area (Å²) in [5, 5.41) is 11.7. The van der Waals surface area contributed by atoms with E-state index in [2.05, 4.69) is 4.98 Å². The number of Topliss-reactive ketones (excluding diaryl/α,β-unsaturated/α-hetero) is 1. The second kappa shape index (κ2) is 11.9. The molecule has 4 rings (SSSR count). The number of aliphatic hydroxyl groups is 1. The van der Waals surface area contributed by atoms with Crippen LogP contribution in [0.5, 0.6) is 23.0 Å². The van der Waals surface area contributed by atoms with Gasteiger partial charge in [-0.1, -0.05) is 20.8 Å². The normalized spacial score (nSPS) is 16.6. The van der Waals surface area contributed by atoms with Crippen molar-refractivity contribution in [3.63, 3.8) is 0 Å². The summed E-state index contributed by atoms with van der Waals surface area (Å²) in [6.45, 7) is 8.62. The predicted octanol–water partition coefficient (Wildman–Crippen LogP) is 5.43. The van der Waals surface area contributed by atoms with Gasteiger partial charge in [-0.2, -0.15) is 0 Å². The van der Waals surface area contributed by atoms with Crippen LogP contribution in [0.1, 0.15) is 56.0 Å². The first-order valence-corrected chi connectivity index (χ1v) is 13.3. The minimum atomic E-state index is -0.943. The first-order valence-electron chi connectivity index (χ1n) is 13.3. The monoisotopic (exact) mass is 560 g/mol. The number of ether oxygens (including phenoxy) is 4. The standard InChI is InChI=1S/C32H36N2O7/c1-8-41-23-10-9-20(15-22(23)32(2,3)4)28(35)26-27(21-16-24(38-5)30(40-7)25(17-21)39-6)34(31(37)29(26)36)18-19-11-13-33-14-12-19/h9-17,27,35H,8,18H2,1-7H3/b28-26+. The molecule has 1 aliphatic rings. The van der Waals surface area contributed by atoms with Crippen LogP contribution in [-0.2, 0) is 21.5 Å². The molecule has 3 aromatic rings. The number of ketones is 1. The molecule has 1 aliphatic heterocycles. The van der Waals surface area contributed by atoms with Gasteiger partial charge in [-0.3, -0.25) is 14.6 Å². The summed E-state index contributed by atoms with van der Waals surface area (Å²) in [5.41, 5.74) is 2.19. The second-order valence-electron chi connectivity index (χ2n) is 10.6. The van der Waals surface area contributed by atoms with E-state index in [0.717, 1.165) is 11.1 Å². The van der Waals surface area contributed by atoms with Gasteiger partial charge >= 0.3 is 0 Å². The third kappa shape index (κ3) is 5.70. The maximum atomic E-state index is 13.7. The van der Waals surface area contributed by atoms with Crippen LogP contribution in [0.3, 0.4) is 0 Å². The number of aliphatic hydroxyl groups excluding tert-OH is 1. The Morgan fingerprint density at radius 1 is 0.927 bits per heavy atom.